The molecule has 0 aliphatic carbocycles. The van der Waals surface area contributed by atoms with Gasteiger partial charge < -0.3 is 10.6 Å². The summed E-state index contributed by atoms with van der Waals surface area (Å²) in [6.07, 6.45) is -3.11. The van der Waals surface area contributed by atoms with Crippen molar-refractivity contribution in [1.82, 2.24) is 19.7 Å². The number of carbonyl (C=O) groups excluding carboxylic acids is 1. The molecule has 28 heavy (non-hydrogen) atoms. The van der Waals surface area contributed by atoms with Crippen molar-refractivity contribution in [2.75, 3.05) is 0 Å². The Morgan fingerprint density at radius 3 is 2.46 bits per heavy atom. The normalized spacial score (nSPS) is 14.9. The highest BCUT2D eigenvalue weighted by Crippen LogP contribution is 2.29. The van der Waals surface area contributed by atoms with Crippen molar-refractivity contribution in [3.05, 3.63) is 53.0 Å². The predicted molar refractivity (Wildman–Crippen MR) is 83.5 cm³/mol. The van der Waals surface area contributed by atoms with Gasteiger partial charge in [-0.2, -0.15) is 13.2 Å². The standard InChI is InChI=1S/C16H13F6N5O/c17-10-6-12(19)11(18)4-8(10)3-9(23)5-14(28)26-1-2-27-13(7-26)24-25-15(27)16(20,21)22/h1-2,4,6,9H,3,5,7,23H2/t9-/m1/s1. The minimum absolute atomic E-state index is 0.0941. The lowest BCUT2D eigenvalue weighted by Gasteiger charge is -2.23. The number of carbonyl (C=O) groups is 1. The van der Waals surface area contributed by atoms with Gasteiger partial charge >= 0.3 is 6.18 Å². The summed E-state index contributed by atoms with van der Waals surface area (Å²) in [5.74, 6) is -5.44. The Kier molecular flexibility index (Phi) is 5.15. The highest BCUT2D eigenvalue weighted by Gasteiger charge is 2.39. The number of hydrogen-bond donors (Lipinski definition) is 1. The number of alkyl halides is 3. The molecule has 0 saturated heterocycles. The molecule has 2 aromatic rings. The fourth-order valence-corrected chi connectivity index (χ4v) is 2.72. The number of nitrogens with zero attached hydrogens (tertiary/aromatic N) is 4. The average Bonchev–Trinajstić information content (AvgIpc) is 3.03. The van der Waals surface area contributed by atoms with Gasteiger partial charge in [0, 0.05) is 30.9 Å². The van der Waals surface area contributed by atoms with E-state index in [0.717, 1.165) is 21.9 Å². The molecule has 0 fully saturated rings. The van der Waals surface area contributed by atoms with Crippen molar-refractivity contribution in [3.8, 4) is 0 Å². The van der Waals surface area contributed by atoms with Crippen LogP contribution in [0.2, 0.25) is 0 Å². The van der Waals surface area contributed by atoms with E-state index in [1.807, 2.05) is 0 Å². The van der Waals surface area contributed by atoms with E-state index in [9.17, 15) is 31.1 Å². The monoisotopic (exact) mass is 405 g/mol. The molecule has 2 heterocycles. The van der Waals surface area contributed by atoms with Crippen LogP contribution in [-0.4, -0.2) is 31.6 Å². The molecule has 6 nitrogen and oxygen atoms in total. The molecular formula is C16H13F6N5O. The van der Waals surface area contributed by atoms with Crippen molar-refractivity contribution < 1.29 is 31.1 Å². The molecule has 0 unspecified atom stereocenters. The van der Waals surface area contributed by atoms with E-state index in [1.54, 1.807) is 0 Å². The summed E-state index contributed by atoms with van der Waals surface area (Å²) in [7, 11) is 0. The smallest absolute Gasteiger partial charge is 0.327 e. The maximum atomic E-state index is 13.7. The third kappa shape index (κ3) is 4.01. The van der Waals surface area contributed by atoms with E-state index in [1.165, 1.54) is 0 Å². The number of fused-ring (bicyclic) bond motifs is 1. The summed E-state index contributed by atoms with van der Waals surface area (Å²) in [6.45, 7) is -0.259. The molecule has 0 radical (unpaired) electrons. The second-order valence-corrected chi connectivity index (χ2v) is 6.15. The van der Waals surface area contributed by atoms with Crippen LogP contribution in [0.15, 0.2) is 18.3 Å². The van der Waals surface area contributed by atoms with Crippen molar-refractivity contribution >= 4 is 12.1 Å². The Balaban J connectivity index is 1.65. The molecule has 12 heteroatoms. The van der Waals surface area contributed by atoms with Gasteiger partial charge in [0.25, 0.3) is 0 Å². The van der Waals surface area contributed by atoms with Gasteiger partial charge in [0.1, 0.15) is 5.82 Å². The maximum Gasteiger partial charge on any atom is 0.452 e. The van der Waals surface area contributed by atoms with Gasteiger partial charge in [-0.1, -0.05) is 0 Å². The molecule has 0 saturated carbocycles. The minimum Gasteiger partial charge on any atom is -0.327 e. The second kappa shape index (κ2) is 7.26. The van der Waals surface area contributed by atoms with Gasteiger partial charge in [-0.05, 0) is 18.1 Å². The average molecular weight is 405 g/mol. The van der Waals surface area contributed by atoms with Crippen LogP contribution < -0.4 is 5.73 Å². The zero-order chi connectivity index (χ0) is 20.6. The molecule has 150 valence electrons. The summed E-state index contributed by atoms with van der Waals surface area (Å²) >= 11 is 0. The maximum absolute atomic E-state index is 13.7. The van der Waals surface area contributed by atoms with Gasteiger partial charge in [0.15, 0.2) is 17.5 Å². The van der Waals surface area contributed by atoms with Crippen molar-refractivity contribution in [2.45, 2.75) is 31.6 Å². The van der Waals surface area contributed by atoms with Crippen LogP contribution in [0.3, 0.4) is 0 Å². The number of hydrogen-bond acceptors (Lipinski definition) is 4. The van der Waals surface area contributed by atoms with E-state index in [-0.39, 0.29) is 30.8 Å². The molecule has 2 N–H and O–H groups in total. The van der Waals surface area contributed by atoms with E-state index < -0.39 is 41.4 Å². The molecular weight excluding hydrogens is 392 g/mol. The summed E-state index contributed by atoms with van der Waals surface area (Å²) in [5, 5.41) is 6.49. The predicted octanol–water partition coefficient (Wildman–Crippen LogP) is 2.44. The molecule has 0 spiro atoms. The lowest BCUT2D eigenvalue weighted by Crippen LogP contribution is -2.35. The molecule has 1 amide bonds. The summed E-state index contributed by atoms with van der Waals surface area (Å²) in [4.78, 5) is 13.4. The van der Waals surface area contributed by atoms with Crippen LogP contribution in [0, 0.1) is 17.5 Å². The van der Waals surface area contributed by atoms with Gasteiger partial charge in [-0.3, -0.25) is 9.36 Å². The first-order chi connectivity index (χ1) is 13.1. The van der Waals surface area contributed by atoms with Gasteiger partial charge in [-0.25, -0.2) is 13.2 Å². The Hall–Kier alpha value is -2.89. The third-order valence-electron chi connectivity index (χ3n) is 4.06. The minimum atomic E-state index is -4.70. The largest absolute Gasteiger partial charge is 0.452 e. The first kappa shape index (κ1) is 19.9. The topological polar surface area (TPSA) is 77.0 Å². The van der Waals surface area contributed by atoms with Crippen molar-refractivity contribution in [3.63, 3.8) is 0 Å². The van der Waals surface area contributed by atoms with E-state index in [4.69, 9.17) is 5.73 Å². The molecule has 0 bridgehead atoms. The summed E-state index contributed by atoms with van der Waals surface area (Å²) in [5.41, 5.74) is 5.60. The summed E-state index contributed by atoms with van der Waals surface area (Å²) in [6, 6.07) is 0.125. The molecule has 3 rings (SSSR count). The van der Waals surface area contributed by atoms with Crippen LogP contribution in [0.25, 0.3) is 6.20 Å². The van der Waals surface area contributed by atoms with Gasteiger partial charge in [0.05, 0.1) is 6.54 Å². The summed E-state index contributed by atoms with van der Waals surface area (Å²) < 4.78 is 79.0. The fraction of sp³-hybridized carbons (Fsp3) is 0.312. The van der Waals surface area contributed by atoms with E-state index in [2.05, 4.69) is 10.2 Å². The highest BCUT2D eigenvalue weighted by atomic mass is 19.4. The van der Waals surface area contributed by atoms with Crippen LogP contribution >= 0.6 is 0 Å². The number of rotatable bonds is 4. The van der Waals surface area contributed by atoms with Crippen molar-refractivity contribution in [1.29, 1.82) is 0 Å². The van der Waals surface area contributed by atoms with Crippen LogP contribution in [0.4, 0.5) is 26.3 Å². The van der Waals surface area contributed by atoms with Gasteiger partial charge in [0.2, 0.25) is 11.7 Å². The number of aromatic nitrogens is 3. The molecule has 1 aromatic heterocycles. The van der Waals surface area contributed by atoms with Gasteiger partial charge in [-0.15, -0.1) is 10.2 Å². The van der Waals surface area contributed by atoms with E-state index >= 15 is 0 Å². The first-order valence-corrected chi connectivity index (χ1v) is 7.94. The van der Waals surface area contributed by atoms with Crippen LogP contribution in [0.5, 0.6) is 0 Å². The fourth-order valence-electron chi connectivity index (χ4n) is 2.72. The zero-order valence-corrected chi connectivity index (χ0v) is 14.1. The number of halogens is 6. The molecule has 1 aliphatic rings. The van der Waals surface area contributed by atoms with E-state index in [0.29, 0.717) is 12.1 Å². The molecule has 1 atom stereocenters. The zero-order valence-electron chi connectivity index (χ0n) is 14.1. The molecule has 1 aromatic carbocycles. The number of amides is 1. The lowest BCUT2D eigenvalue weighted by molar-refractivity contribution is -0.146. The van der Waals surface area contributed by atoms with Crippen LogP contribution in [0.1, 0.15) is 23.6 Å². The number of nitrogens with two attached hydrogens (primary N) is 1. The highest BCUT2D eigenvalue weighted by molar-refractivity contribution is 5.78. The second-order valence-electron chi connectivity index (χ2n) is 6.15. The SMILES string of the molecule is N[C@@H](CC(=O)N1C=Cn2c(nnc2C(F)(F)F)C1)Cc1cc(F)c(F)cc1F. The Morgan fingerprint density at radius 2 is 1.79 bits per heavy atom. The Labute approximate surface area is 154 Å². The third-order valence-corrected chi connectivity index (χ3v) is 4.06. The lowest BCUT2D eigenvalue weighted by atomic mass is 10.0. The molecule has 1 aliphatic heterocycles. The Bertz CT molecular complexity index is 938. The Morgan fingerprint density at radius 1 is 1.11 bits per heavy atom. The first-order valence-electron chi connectivity index (χ1n) is 7.94. The van der Waals surface area contributed by atoms with Crippen LogP contribution in [-0.2, 0) is 23.9 Å². The quantitative estimate of drug-likeness (QED) is 0.626. The number of benzene rings is 1. The van der Waals surface area contributed by atoms with Crippen molar-refractivity contribution in [2.24, 2.45) is 5.73 Å².